The van der Waals surface area contributed by atoms with Crippen molar-refractivity contribution in [2.24, 2.45) is 11.8 Å². The number of hydrogen-bond acceptors (Lipinski definition) is 3. The van der Waals surface area contributed by atoms with E-state index < -0.39 is 5.60 Å². The van der Waals surface area contributed by atoms with Gasteiger partial charge in [-0.25, -0.2) is 4.79 Å². The Bertz CT molecular complexity index is 362. The number of esters is 1. The molecule has 4 atom stereocenters. The Labute approximate surface area is 89.1 Å². The van der Waals surface area contributed by atoms with Crippen LogP contribution in [0.15, 0.2) is 12.2 Å². The molecule has 0 spiro atoms. The molecule has 0 aromatic carbocycles. The van der Waals surface area contributed by atoms with E-state index in [0.717, 1.165) is 19.3 Å². The summed E-state index contributed by atoms with van der Waals surface area (Å²) in [5.74, 6) is 0.692. The van der Waals surface area contributed by atoms with Gasteiger partial charge in [-0.1, -0.05) is 6.58 Å². The Hall–Kier alpha value is -0.830. The van der Waals surface area contributed by atoms with Gasteiger partial charge in [-0.2, -0.15) is 0 Å². The average Bonchev–Trinajstić information content (AvgIpc) is 2.50. The fraction of sp³-hybridized carbons (Fsp3) is 0.750. The van der Waals surface area contributed by atoms with E-state index in [0.29, 0.717) is 23.8 Å². The first-order valence-electron chi connectivity index (χ1n) is 5.55. The molecule has 0 aromatic heterocycles. The summed E-state index contributed by atoms with van der Waals surface area (Å²) in [6, 6.07) is 0. The summed E-state index contributed by atoms with van der Waals surface area (Å²) in [7, 11) is 0. The van der Waals surface area contributed by atoms with Crippen molar-refractivity contribution in [2.45, 2.75) is 43.8 Å². The lowest BCUT2D eigenvalue weighted by Gasteiger charge is -2.52. The Kier molecular flexibility index (Phi) is 1.54. The fourth-order valence-electron chi connectivity index (χ4n) is 3.88. The molecule has 0 radical (unpaired) electrons. The minimum absolute atomic E-state index is 0.301. The summed E-state index contributed by atoms with van der Waals surface area (Å²) in [5, 5.41) is 10.1. The van der Waals surface area contributed by atoms with Crippen molar-refractivity contribution in [1.82, 2.24) is 0 Å². The molecule has 0 amide bonds. The molecule has 3 aliphatic carbocycles. The highest BCUT2D eigenvalue weighted by Gasteiger charge is 2.72. The zero-order valence-electron chi connectivity index (χ0n) is 8.95. The van der Waals surface area contributed by atoms with Crippen molar-refractivity contribution in [3.05, 3.63) is 12.2 Å². The van der Waals surface area contributed by atoms with Crippen LogP contribution in [0.4, 0.5) is 0 Å². The summed E-state index contributed by atoms with van der Waals surface area (Å²) in [5.41, 5.74) is -0.431. The maximum absolute atomic E-state index is 11.5. The molecule has 1 N–H and O–H groups in total. The van der Waals surface area contributed by atoms with Crippen LogP contribution < -0.4 is 0 Å². The second-order valence-electron chi connectivity index (χ2n) is 5.61. The van der Waals surface area contributed by atoms with Crippen molar-refractivity contribution < 1.29 is 14.6 Å². The Morgan fingerprint density at radius 1 is 1.47 bits per heavy atom. The van der Waals surface area contributed by atoms with Gasteiger partial charge in [-0.3, -0.25) is 0 Å². The number of carbonyl (C=O) groups is 1. The summed E-state index contributed by atoms with van der Waals surface area (Å²) in [6.07, 6.45) is 3.31. The van der Waals surface area contributed by atoms with E-state index in [2.05, 4.69) is 6.58 Å². The molecule has 3 heteroatoms. The highest BCUT2D eigenvalue weighted by Crippen LogP contribution is 2.68. The van der Waals surface area contributed by atoms with Crippen LogP contribution in [0, 0.1) is 11.8 Å². The largest absolute Gasteiger partial charge is 0.455 e. The number of carbonyl (C=O) groups excluding carboxylic acids is 1. The van der Waals surface area contributed by atoms with Crippen LogP contribution in [0.5, 0.6) is 0 Å². The van der Waals surface area contributed by atoms with Crippen LogP contribution in [0.25, 0.3) is 0 Å². The molecular formula is C12H16O3. The van der Waals surface area contributed by atoms with Gasteiger partial charge in [0, 0.05) is 17.9 Å². The van der Waals surface area contributed by atoms with Gasteiger partial charge in [0.1, 0.15) is 5.60 Å². The van der Waals surface area contributed by atoms with Crippen LogP contribution >= 0.6 is 0 Å². The molecular weight excluding hydrogens is 192 g/mol. The number of aliphatic hydroxyl groups is 1. The molecule has 3 nitrogen and oxygen atoms in total. The second-order valence-corrected chi connectivity index (χ2v) is 5.61. The minimum Gasteiger partial charge on any atom is -0.455 e. The van der Waals surface area contributed by atoms with Crippen LogP contribution in [0.1, 0.15) is 32.6 Å². The zero-order chi connectivity index (χ0) is 10.8. The zero-order valence-corrected chi connectivity index (χ0v) is 8.95. The predicted molar refractivity (Wildman–Crippen MR) is 54.0 cm³/mol. The summed E-state index contributed by atoms with van der Waals surface area (Å²) < 4.78 is 5.53. The molecule has 0 heterocycles. The first-order chi connectivity index (χ1) is 6.94. The van der Waals surface area contributed by atoms with E-state index in [-0.39, 0.29) is 11.6 Å². The molecule has 3 fully saturated rings. The maximum Gasteiger partial charge on any atom is 0.333 e. The maximum atomic E-state index is 11.5. The number of ether oxygens (including phenoxy) is 1. The molecule has 4 unspecified atom stereocenters. The average molecular weight is 208 g/mol. The molecule has 0 saturated heterocycles. The first-order valence-corrected chi connectivity index (χ1v) is 5.55. The van der Waals surface area contributed by atoms with E-state index >= 15 is 0 Å². The smallest absolute Gasteiger partial charge is 0.333 e. The predicted octanol–water partition coefficient (Wildman–Crippen LogP) is 1.41. The quantitative estimate of drug-likeness (QED) is 0.551. The topological polar surface area (TPSA) is 46.5 Å². The molecule has 15 heavy (non-hydrogen) atoms. The monoisotopic (exact) mass is 208 g/mol. The van der Waals surface area contributed by atoms with Crippen molar-refractivity contribution in [3.63, 3.8) is 0 Å². The molecule has 0 aromatic rings. The van der Waals surface area contributed by atoms with Gasteiger partial charge >= 0.3 is 5.97 Å². The van der Waals surface area contributed by atoms with Gasteiger partial charge < -0.3 is 9.84 Å². The van der Waals surface area contributed by atoms with Gasteiger partial charge in [0.25, 0.3) is 0 Å². The Morgan fingerprint density at radius 3 is 2.67 bits per heavy atom. The Balaban J connectivity index is 1.79. The van der Waals surface area contributed by atoms with Crippen LogP contribution in [-0.2, 0) is 9.53 Å². The SMILES string of the molecule is C=C(C)C(=O)OC12CC3CC(O)(CC31)C2. The summed E-state index contributed by atoms with van der Waals surface area (Å²) in [6.45, 7) is 5.25. The third-order valence-electron chi connectivity index (χ3n) is 4.37. The molecule has 82 valence electrons. The Morgan fingerprint density at radius 2 is 2.20 bits per heavy atom. The molecule has 3 rings (SSSR count). The van der Waals surface area contributed by atoms with E-state index in [1.54, 1.807) is 6.92 Å². The van der Waals surface area contributed by atoms with Gasteiger partial charge in [-0.05, 0) is 32.1 Å². The lowest BCUT2D eigenvalue weighted by Crippen LogP contribution is -2.56. The van der Waals surface area contributed by atoms with Crippen molar-refractivity contribution >= 4 is 5.97 Å². The highest BCUT2D eigenvalue weighted by molar-refractivity contribution is 5.87. The first kappa shape index (κ1) is 9.40. The lowest BCUT2D eigenvalue weighted by atomic mass is 9.59. The minimum atomic E-state index is -0.539. The summed E-state index contributed by atoms with van der Waals surface area (Å²) in [4.78, 5) is 11.5. The van der Waals surface area contributed by atoms with E-state index in [1.165, 1.54) is 0 Å². The molecule has 3 saturated carbocycles. The van der Waals surface area contributed by atoms with Gasteiger partial charge in [0.15, 0.2) is 0 Å². The number of fused-ring (bicyclic) bond motifs is 1. The van der Waals surface area contributed by atoms with E-state index in [9.17, 15) is 9.90 Å². The molecule has 2 bridgehead atoms. The van der Waals surface area contributed by atoms with Crippen LogP contribution in [0.2, 0.25) is 0 Å². The second kappa shape index (κ2) is 2.46. The number of hydrogen-bond donors (Lipinski definition) is 1. The van der Waals surface area contributed by atoms with E-state index in [4.69, 9.17) is 4.74 Å². The highest BCUT2D eigenvalue weighted by atomic mass is 16.6. The van der Waals surface area contributed by atoms with E-state index in [1.807, 2.05) is 0 Å². The third kappa shape index (κ3) is 1.07. The van der Waals surface area contributed by atoms with Crippen molar-refractivity contribution in [1.29, 1.82) is 0 Å². The number of rotatable bonds is 2. The van der Waals surface area contributed by atoms with Crippen LogP contribution in [0.3, 0.4) is 0 Å². The van der Waals surface area contributed by atoms with Crippen molar-refractivity contribution in [3.8, 4) is 0 Å². The third-order valence-corrected chi connectivity index (χ3v) is 4.37. The molecule has 0 aliphatic heterocycles. The lowest BCUT2D eigenvalue weighted by molar-refractivity contribution is -0.198. The standard InChI is InChI=1S/C12H16O3/c1-7(2)10(13)15-12-4-8-3-11(14,6-12)5-9(8)12/h8-9,14H,1,3-6H2,2H3. The van der Waals surface area contributed by atoms with Crippen LogP contribution in [-0.4, -0.2) is 22.3 Å². The summed E-state index contributed by atoms with van der Waals surface area (Å²) >= 11 is 0. The van der Waals surface area contributed by atoms with Crippen molar-refractivity contribution in [2.75, 3.05) is 0 Å². The van der Waals surface area contributed by atoms with Gasteiger partial charge in [0.05, 0.1) is 5.60 Å². The normalized spacial score (nSPS) is 50.0. The molecule has 3 aliphatic rings. The van der Waals surface area contributed by atoms with Gasteiger partial charge in [-0.15, -0.1) is 0 Å². The fourth-order valence-corrected chi connectivity index (χ4v) is 3.88. The van der Waals surface area contributed by atoms with Gasteiger partial charge in [0.2, 0.25) is 0 Å².